The Kier molecular flexibility index (Phi) is 3.07. The molecule has 1 aromatic carbocycles. The first-order valence-corrected chi connectivity index (χ1v) is 9.67. The van der Waals surface area contributed by atoms with Crippen LogP contribution in [0, 0.1) is 0 Å². The van der Waals surface area contributed by atoms with Crippen LogP contribution >= 0.6 is 0 Å². The average molecular weight is 390 g/mol. The highest BCUT2D eigenvalue weighted by Crippen LogP contribution is 2.41. The van der Waals surface area contributed by atoms with Crippen LogP contribution in [-0.2, 0) is 28.1 Å². The fourth-order valence-corrected chi connectivity index (χ4v) is 4.54. The van der Waals surface area contributed by atoms with Crippen LogP contribution < -0.4 is 15.0 Å². The molecule has 0 radical (unpaired) electrons. The number of rotatable bonds is 1. The van der Waals surface area contributed by atoms with Crippen molar-refractivity contribution in [3.63, 3.8) is 0 Å². The third-order valence-corrected chi connectivity index (χ3v) is 6.46. The highest BCUT2D eigenvalue weighted by Gasteiger charge is 2.43. The topological polar surface area (TPSA) is 79.7 Å². The summed E-state index contributed by atoms with van der Waals surface area (Å²) in [5.74, 6) is 1.10. The van der Waals surface area contributed by atoms with Gasteiger partial charge in [-0.3, -0.25) is 9.59 Å². The lowest BCUT2D eigenvalue weighted by atomic mass is 9.76. The summed E-state index contributed by atoms with van der Waals surface area (Å²) < 4.78 is 18.0. The molecule has 29 heavy (non-hydrogen) atoms. The first kappa shape index (κ1) is 16.6. The van der Waals surface area contributed by atoms with Crippen LogP contribution in [0.25, 0.3) is 22.3 Å². The van der Waals surface area contributed by atoms with Crippen LogP contribution in [-0.4, -0.2) is 22.3 Å². The minimum Gasteiger partial charge on any atom is -0.460 e. The number of carbonyl (C=O) groups is 1. The fourth-order valence-electron chi connectivity index (χ4n) is 4.54. The number of hydrogen-bond acceptors (Lipinski definition) is 6. The zero-order chi connectivity index (χ0) is 19.9. The number of benzene rings is 1. The van der Waals surface area contributed by atoms with Crippen molar-refractivity contribution in [3.8, 4) is 22.9 Å². The maximum absolute atomic E-state index is 13.2. The Morgan fingerprint density at radius 3 is 2.69 bits per heavy atom. The van der Waals surface area contributed by atoms with E-state index in [4.69, 9.17) is 19.2 Å². The number of nitrogens with zero attached hydrogens (tertiary/aromatic N) is 2. The van der Waals surface area contributed by atoms with E-state index in [-0.39, 0.29) is 24.9 Å². The van der Waals surface area contributed by atoms with E-state index in [2.05, 4.69) is 0 Å². The van der Waals surface area contributed by atoms with Gasteiger partial charge in [0.1, 0.15) is 6.61 Å². The lowest BCUT2D eigenvalue weighted by Gasteiger charge is -2.33. The van der Waals surface area contributed by atoms with Gasteiger partial charge in [0.05, 0.1) is 34.4 Å². The van der Waals surface area contributed by atoms with Crippen molar-refractivity contribution in [2.45, 2.75) is 38.8 Å². The molecular formula is C22H18N2O5. The standard InChI is InChI=1S/C22H18N2O5/c1-3-22(2)14-6-16-19-12(8-24(16)20(25)13(14)9-27-21(22)26)4-11-5-17-18(29-10-28-17)7-15(11)23-19/h4-7H,3,8-10H2,1-2H3/t22-/m1/s1. The van der Waals surface area contributed by atoms with E-state index in [1.165, 1.54) is 0 Å². The largest absolute Gasteiger partial charge is 0.460 e. The van der Waals surface area contributed by atoms with Gasteiger partial charge in [0, 0.05) is 17.0 Å². The van der Waals surface area contributed by atoms with E-state index in [9.17, 15) is 9.59 Å². The van der Waals surface area contributed by atoms with Gasteiger partial charge in [-0.05, 0) is 37.1 Å². The highest BCUT2D eigenvalue weighted by molar-refractivity contribution is 5.88. The monoisotopic (exact) mass is 390 g/mol. The SMILES string of the molecule is CC[C@@]1(C)C(=O)OCc2c1cc1n(c2=O)Cc2cc3cc4c(cc3nc2-1)OCO4. The van der Waals surface area contributed by atoms with Gasteiger partial charge in [-0.15, -0.1) is 0 Å². The molecule has 7 nitrogen and oxygen atoms in total. The summed E-state index contributed by atoms with van der Waals surface area (Å²) >= 11 is 0. The molecule has 0 amide bonds. The van der Waals surface area contributed by atoms with Gasteiger partial charge < -0.3 is 18.8 Å². The lowest BCUT2D eigenvalue weighted by molar-refractivity contribution is -0.153. The molecule has 0 aliphatic carbocycles. The van der Waals surface area contributed by atoms with Crippen molar-refractivity contribution in [2.75, 3.05) is 6.79 Å². The molecule has 2 aromatic heterocycles. The molecule has 3 aromatic rings. The van der Waals surface area contributed by atoms with Gasteiger partial charge >= 0.3 is 5.97 Å². The van der Waals surface area contributed by atoms with Crippen LogP contribution in [0.4, 0.5) is 0 Å². The predicted molar refractivity (Wildman–Crippen MR) is 104 cm³/mol. The third-order valence-electron chi connectivity index (χ3n) is 6.46. The van der Waals surface area contributed by atoms with Gasteiger partial charge in [0.15, 0.2) is 11.5 Å². The number of cyclic esters (lactones) is 1. The summed E-state index contributed by atoms with van der Waals surface area (Å²) in [5, 5.41) is 0.940. The second-order valence-corrected chi connectivity index (χ2v) is 7.97. The minimum absolute atomic E-state index is 0.0238. The molecule has 0 saturated heterocycles. The maximum atomic E-state index is 13.2. The molecular weight excluding hydrogens is 372 g/mol. The van der Waals surface area contributed by atoms with Gasteiger partial charge in [-0.2, -0.15) is 0 Å². The van der Waals surface area contributed by atoms with Gasteiger partial charge in [-0.1, -0.05) is 6.92 Å². The molecule has 0 N–H and O–H groups in total. The Morgan fingerprint density at radius 1 is 1.10 bits per heavy atom. The summed E-state index contributed by atoms with van der Waals surface area (Å²) in [7, 11) is 0. The first-order valence-electron chi connectivity index (χ1n) is 9.67. The first-order chi connectivity index (χ1) is 14.0. The normalized spacial score (nSPS) is 21.0. The van der Waals surface area contributed by atoms with Crippen molar-refractivity contribution in [3.05, 3.63) is 51.3 Å². The molecule has 0 saturated carbocycles. The van der Waals surface area contributed by atoms with E-state index < -0.39 is 5.41 Å². The number of fused-ring (bicyclic) bond motifs is 6. The number of hydrogen-bond donors (Lipinski definition) is 0. The average Bonchev–Trinajstić information content (AvgIpc) is 3.32. The summed E-state index contributed by atoms with van der Waals surface area (Å²) in [6.07, 6.45) is 0.559. The number of ether oxygens (including phenoxy) is 3. The maximum Gasteiger partial charge on any atom is 0.316 e. The Labute approximate surface area is 165 Å². The molecule has 7 heteroatoms. The van der Waals surface area contributed by atoms with Crippen molar-refractivity contribution in [1.29, 1.82) is 0 Å². The third kappa shape index (κ3) is 2.04. The summed E-state index contributed by atoms with van der Waals surface area (Å²) in [5.41, 5.74) is 3.66. The van der Waals surface area contributed by atoms with Gasteiger partial charge in [0.25, 0.3) is 5.56 Å². The van der Waals surface area contributed by atoms with Crippen molar-refractivity contribution < 1.29 is 19.0 Å². The Hall–Kier alpha value is -3.35. The molecule has 3 aliphatic heterocycles. The summed E-state index contributed by atoms with van der Waals surface area (Å²) in [4.78, 5) is 30.6. The molecule has 3 aliphatic rings. The molecule has 0 unspecified atom stereocenters. The van der Waals surface area contributed by atoms with Crippen molar-refractivity contribution >= 4 is 16.9 Å². The van der Waals surface area contributed by atoms with E-state index in [1.807, 2.05) is 38.1 Å². The zero-order valence-electron chi connectivity index (χ0n) is 16.1. The Morgan fingerprint density at radius 2 is 1.90 bits per heavy atom. The lowest BCUT2D eigenvalue weighted by Crippen LogP contribution is -2.42. The molecule has 0 fully saturated rings. The number of pyridine rings is 2. The van der Waals surface area contributed by atoms with Crippen LogP contribution in [0.5, 0.6) is 11.5 Å². The second-order valence-electron chi connectivity index (χ2n) is 7.97. The van der Waals surface area contributed by atoms with Crippen molar-refractivity contribution in [1.82, 2.24) is 9.55 Å². The van der Waals surface area contributed by atoms with Gasteiger partial charge in [-0.25, -0.2) is 4.98 Å². The number of aromatic nitrogens is 2. The quantitative estimate of drug-likeness (QED) is 0.465. The Balaban J connectivity index is 1.61. The van der Waals surface area contributed by atoms with E-state index >= 15 is 0 Å². The number of carbonyl (C=O) groups excluding carboxylic acids is 1. The number of esters is 1. The van der Waals surface area contributed by atoms with Crippen LogP contribution in [0.1, 0.15) is 37.0 Å². The molecule has 146 valence electrons. The minimum atomic E-state index is -0.825. The smallest absolute Gasteiger partial charge is 0.316 e. The van der Waals surface area contributed by atoms with E-state index in [1.54, 1.807) is 4.57 Å². The zero-order valence-corrected chi connectivity index (χ0v) is 16.1. The molecule has 0 bridgehead atoms. The Bertz CT molecular complexity index is 1310. The highest BCUT2D eigenvalue weighted by atomic mass is 16.7. The molecule has 0 spiro atoms. The summed E-state index contributed by atoms with van der Waals surface area (Å²) in [6.45, 7) is 4.46. The van der Waals surface area contributed by atoms with Crippen LogP contribution in [0.2, 0.25) is 0 Å². The fraction of sp³-hybridized carbons (Fsp3) is 0.318. The van der Waals surface area contributed by atoms with Crippen molar-refractivity contribution in [2.24, 2.45) is 0 Å². The summed E-state index contributed by atoms with van der Waals surface area (Å²) in [6, 6.07) is 7.79. The second kappa shape index (κ2) is 5.37. The van der Waals surface area contributed by atoms with Crippen LogP contribution in [0.3, 0.4) is 0 Å². The van der Waals surface area contributed by atoms with E-state index in [0.717, 1.165) is 33.4 Å². The molecule has 5 heterocycles. The molecule has 6 rings (SSSR count). The molecule has 1 atom stereocenters. The van der Waals surface area contributed by atoms with Gasteiger partial charge in [0.2, 0.25) is 6.79 Å². The predicted octanol–water partition coefficient (Wildman–Crippen LogP) is 2.88. The van der Waals surface area contributed by atoms with Crippen LogP contribution in [0.15, 0.2) is 29.1 Å². The van der Waals surface area contributed by atoms with E-state index in [0.29, 0.717) is 30.0 Å².